The molecule has 19 heavy (non-hydrogen) atoms. The van der Waals surface area contributed by atoms with E-state index in [1.807, 2.05) is 0 Å². The van der Waals surface area contributed by atoms with Crippen molar-refractivity contribution in [1.82, 2.24) is 5.32 Å². The Labute approximate surface area is 117 Å². The predicted molar refractivity (Wildman–Crippen MR) is 80.3 cm³/mol. The number of hydrogen-bond donors (Lipinski definition) is 1. The average Bonchev–Trinajstić information content (AvgIpc) is 2.46. The van der Waals surface area contributed by atoms with E-state index in [2.05, 4.69) is 43.4 Å². The van der Waals surface area contributed by atoms with Crippen LogP contribution in [0.1, 0.15) is 50.2 Å². The van der Waals surface area contributed by atoms with Gasteiger partial charge in [0.15, 0.2) is 0 Å². The Morgan fingerprint density at radius 2 is 1.79 bits per heavy atom. The molecule has 1 aromatic carbocycles. The van der Waals surface area contributed by atoms with E-state index < -0.39 is 0 Å². The molecule has 0 atom stereocenters. The molecule has 2 nitrogen and oxygen atoms in total. The lowest BCUT2D eigenvalue weighted by Crippen LogP contribution is -2.35. The van der Waals surface area contributed by atoms with E-state index >= 15 is 0 Å². The molecule has 1 aliphatic rings. The standard InChI is InChI=1S/C17H27NO/c1-3-12-18-16-8-10-17(11-9-16)19-13-15-6-4-14(2)5-7-15/h4-7,16-18H,3,8-13H2,1-2H3. The molecule has 0 aliphatic heterocycles. The highest BCUT2D eigenvalue weighted by molar-refractivity contribution is 5.20. The van der Waals surface area contributed by atoms with Crippen LogP contribution in [0.15, 0.2) is 24.3 Å². The minimum Gasteiger partial charge on any atom is -0.374 e. The molecule has 0 radical (unpaired) electrons. The van der Waals surface area contributed by atoms with Gasteiger partial charge in [0.05, 0.1) is 12.7 Å². The molecule has 1 saturated carbocycles. The van der Waals surface area contributed by atoms with E-state index in [-0.39, 0.29) is 0 Å². The van der Waals surface area contributed by atoms with Crippen LogP contribution in [-0.4, -0.2) is 18.7 Å². The third-order valence-corrected chi connectivity index (χ3v) is 3.96. The number of hydrogen-bond acceptors (Lipinski definition) is 2. The number of aryl methyl sites for hydroxylation is 1. The summed E-state index contributed by atoms with van der Waals surface area (Å²) < 4.78 is 6.03. The SMILES string of the molecule is CCCNC1CCC(OCc2ccc(C)cc2)CC1. The van der Waals surface area contributed by atoms with E-state index in [1.54, 1.807) is 0 Å². The first-order valence-corrected chi connectivity index (χ1v) is 7.68. The second kappa shape index (κ2) is 7.66. The lowest BCUT2D eigenvalue weighted by Gasteiger charge is -2.29. The van der Waals surface area contributed by atoms with Gasteiger partial charge in [0, 0.05) is 6.04 Å². The first kappa shape index (κ1) is 14.5. The maximum Gasteiger partial charge on any atom is 0.0720 e. The van der Waals surface area contributed by atoms with Gasteiger partial charge in [-0.1, -0.05) is 36.8 Å². The first-order valence-electron chi connectivity index (χ1n) is 7.68. The van der Waals surface area contributed by atoms with Gasteiger partial charge in [-0.2, -0.15) is 0 Å². The lowest BCUT2D eigenvalue weighted by molar-refractivity contribution is 0.0114. The highest BCUT2D eigenvalue weighted by Gasteiger charge is 2.20. The molecule has 106 valence electrons. The van der Waals surface area contributed by atoms with E-state index in [4.69, 9.17) is 4.74 Å². The van der Waals surface area contributed by atoms with Gasteiger partial charge in [0.1, 0.15) is 0 Å². The van der Waals surface area contributed by atoms with Crippen LogP contribution in [0.2, 0.25) is 0 Å². The van der Waals surface area contributed by atoms with Crippen LogP contribution < -0.4 is 5.32 Å². The van der Waals surface area contributed by atoms with Crippen molar-refractivity contribution in [1.29, 1.82) is 0 Å². The van der Waals surface area contributed by atoms with Crippen molar-refractivity contribution in [2.75, 3.05) is 6.54 Å². The summed E-state index contributed by atoms with van der Waals surface area (Å²) in [5.41, 5.74) is 2.60. The van der Waals surface area contributed by atoms with E-state index in [0.717, 1.165) is 19.2 Å². The fourth-order valence-corrected chi connectivity index (χ4v) is 2.68. The molecule has 2 rings (SSSR count). The van der Waals surface area contributed by atoms with Crippen LogP contribution in [0.5, 0.6) is 0 Å². The number of benzene rings is 1. The van der Waals surface area contributed by atoms with Crippen LogP contribution in [0.4, 0.5) is 0 Å². The van der Waals surface area contributed by atoms with Crippen molar-refractivity contribution in [3.05, 3.63) is 35.4 Å². The molecule has 0 aromatic heterocycles. The van der Waals surface area contributed by atoms with Gasteiger partial charge in [-0.3, -0.25) is 0 Å². The van der Waals surface area contributed by atoms with Crippen LogP contribution in [-0.2, 0) is 11.3 Å². The van der Waals surface area contributed by atoms with Crippen molar-refractivity contribution < 1.29 is 4.74 Å². The van der Waals surface area contributed by atoms with Crippen molar-refractivity contribution in [2.45, 2.75) is 64.7 Å². The predicted octanol–water partition coefficient (Wildman–Crippen LogP) is 3.82. The van der Waals surface area contributed by atoms with Crippen molar-refractivity contribution in [3.8, 4) is 0 Å². The Balaban J connectivity index is 1.67. The molecular formula is C17H27NO. The lowest BCUT2D eigenvalue weighted by atomic mass is 9.93. The molecule has 1 aromatic rings. The molecule has 0 unspecified atom stereocenters. The summed E-state index contributed by atoms with van der Waals surface area (Å²) in [6.45, 7) is 6.26. The Hall–Kier alpha value is -0.860. The molecule has 0 spiro atoms. The quantitative estimate of drug-likeness (QED) is 0.840. The van der Waals surface area contributed by atoms with Crippen molar-refractivity contribution >= 4 is 0 Å². The normalized spacial score (nSPS) is 23.5. The highest BCUT2D eigenvalue weighted by atomic mass is 16.5. The monoisotopic (exact) mass is 261 g/mol. The van der Waals surface area contributed by atoms with Gasteiger partial charge in [0.2, 0.25) is 0 Å². The van der Waals surface area contributed by atoms with Gasteiger partial charge in [-0.05, 0) is 51.1 Å². The summed E-state index contributed by atoms with van der Waals surface area (Å²) in [6, 6.07) is 9.38. The fourth-order valence-electron chi connectivity index (χ4n) is 2.68. The molecule has 0 amide bonds. The van der Waals surface area contributed by atoms with E-state index in [9.17, 15) is 0 Å². The molecule has 1 fully saturated rings. The van der Waals surface area contributed by atoms with Gasteiger partial charge in [-0.15, -0.1) is 0 Å². The van der Waals surface area contributed by atoms with E-state index in [0.29, 0.717) is 6.10 Å². The second-order valence-electron chi connectivity index (χ2n) is 5.72. The van der Waals surface area contributed by atoms with Crippen molar-refractivity contribution in [2.24, 2.45) is 0 Å². The smallest absolute Gasteiger partial charge is 0.0720 e. The molecule has 1 N–H and O–H groups in total. The minimum absolute atomic E-state index is 0.459. The average molecular weight is 261 g/mol. The third kappa shape index (κ3) is 4.96. The fraction of sp³-hybridized carbons (Fsp3) is 0.647. The summed E-state index contributed by atoms with van der Waals surface area (Å²) >= 11 is 0. The summed E-state index contributed by atoms with van der Waals surface area (Å²) in [6.07, 6.45) is 6.61. The Morgan fingerprint density at radius 3 is 2.42 bits per heavy atom. The minimum atomic E-state index is 0.459. The summed E-state index contributed by atoms with van der Waals surface area (Å²) in [7, 11) is 0. The second-order valence-corrected chi connectivity index (χ2v) is 5.72. The zero-order valence-electron chi connectivity index (χ0n) is 12.3. The van der Waals surface area contributed by atoms with Gasteiger partial charge >= 0.3 is 0 Å². The molecule has 0 saturated heterocycles. The van der Waals surface area contributed by atoms with Crippen LogP contribution >= 0.6 is 0 Å². The summed E-state index contributed by atoms with van der Waals surface area (Å²) in [4.78, 5) is 0. The molecule has 1 aliphatic carbocycles. The zero-order chi connectivity index (χ0) is 13.5. The largest absolute Gasteiger partial charge is 0.374 e. The first-order chi connectivity index (χ1) is 9.28. The van der Waals surface area contributed by atoms with Crippen LogP contribution in [0.3, 0.4) is 0 Å². The van der Waals surface area contributed by atoms with Gasteiger partial charge in [-0.25, -0.2) is 0 Å². The van der Waals surface area contributed by atoms with Crippen molar-refractivity contribution in [3.63, 3.8) is 0 Å². The number of ether oxygens (including phenoxy) is 1. The Kier molecular flexibility index (Phi) is 5.87. The van der Waals surface area contributed by atoms with Gasteiger partial charge < -0.3 is 10.1 Å². The van der Waals surface area contributed by atoms with Crippen LogP contribution in [0.25, 0.3) is 0 Å². The zero-order valence-corrected chi connectivity index (χ0v) is 12.3. The van der Waals surface area contributed by atoms with E-state index in [1.165, 1.54) is 43.2 Å². The number of rotatable bonds is 6. The highest BCUT2D eigenvalue weighted by Crippen LogP contribution is 2.22. The Bertz CT molecular complexity index is 352. The topological polar surface area (TPSA) is 21.3 Å². The van der Waals surface area contributed by atoms with Gasteiger partial charge in [0.25, 0.3) is 0 Å². The maximum atomic E-state index is 6.03. The number of nitrogens with one attached hydrogen (secondary N) is 1. The molecule has 0 heterocycles. The Morgan fingerprint density at radius 1 is 1.11 bits per heavy atom. The van der Waals surface area contributed by atoms with Crippen LogP contribution in [0, 0.1) is 6.92 Å². The third-order valence-electron chi connectivity index (χ3n) is 3.96. The maximum absolute atomic E-state index is 6.03. The summed E-state index contributed by atoms with van der Waals surface area (Å²) in [5.74, 6) is 0. The summed E-state index contributed by atoms with van der Waals surface area (Å²) in [5, 5.41) is 3.62. The molecule has 2 heteroatoms. The molecule has 0 bridgehead atoms. The molecular weight excluding hydrogens is 234 g/mol.